The van der Waals surface area contributed by atoms with Crippen LogP contribution >= 0.6 is 11.6 Å². The first-order valence-corrected chi connectivity index (χ1v) is 8.24. The number of halogens is 1. The van der Waals surface area contributed by atoms with Crippen molar-refractivity contribution in [1.29, 1.82) is 0 Å². The lowest BCUT2D eigenvalue weighted by molar-refractivity contribution is 0.0789. The van der Waals surface area contributed by atoms with Crippen molar-refractivity contribution in [3.63, 3.8) is 0 Å². The third kappa shape index (κ3) is 3.12. The van der Waals surface area contributed by atoms with E-state index in [2.05, 4.69) is 18.9 Å². The molecule has 23 heavy (non-hydrogen) atoms. The fourth-order valence-corrected chi connectivity index (χ4v) is 3.22. The number of amides is 1. The molecule has 0 spiro atoms. The molecule has 2 N–H and O–H groups in total. The number of nitrogens with two attached hydrogens (primary N) is 1. The maximum absolute atomic E-state index is 12.8. The van der Waals surface area contributed by atoms with E-state index in [1.165, 1.54) is 0 Å². The summed E-state index contributed by atoms with van der Waals surface area (Å²) in [6.45, 7) is 5.44. The Morgan fingerprint density at radius 1 is 1.43 bits per heavy atom. The number of likely N-dealkylation sites (tertiary alicyclic amines) is 1. The molecule has 0 bridgehead atoms. The highest BCUT2D eigenvalue weighted by Gasteiger charge is 2.29. The number of nitrogens with zero attached hydrogens (tertiary/aromatic N) is 3. The van der Waals surface area contributed by atoms with E-state index in [-0.39, 0.29) is 17.9 Å². The van der Waals surface area contributed by atoms with Crippen LogP contribution in [-0.4, -0.2) is 39.7 Å². The number of benzene rings is 1. The van der Waals surface area contributed by atoms with Crippen molar-refractivity contribution in [2.75, 3.05) is 13.1 Å². The minimum absolute atomic E-state index is 0.00919. The van der Waals surface area contributed by atoms with Crippen LogP contribution in [0.3, 0.4) is 0 Å². The van der Waals surface area contributed by atoms with E-state index >= 15 is 0 Å². The topological polar surface area (TPSA) is 64.2 Å². The number of carbonyl (C=O) groups is 1. The zero-order valence-corrected chi connectivity index (χ0v) is 14.1. The molecule has 1 aliphatic heterocycles. The van der Waals surface area contributed by atoms with Crippen molar-refractivity contribution in [3.05, 3.63) is 46.7 Å². The van der Waals surface area contributed by atoms with Gasteiger partial charge in [0.05, 0.1) is 23.1 Å². The summed E-state index contributed by atoms with van der Waals surface area (Å²) in [6.07, 6.45) is 2.51. The summed E-state index contributed by atoms with van der Waals surface area (Å²) in [5.41, 5.74) is 8.33. The zero-order valence-electron chi connectivity index (χ0n) is 13.4. The van der Waals surface area contributed by atoms with E-state index in [0.717, 1.165) is 17.8 Å². The number of hydrogen-bond acceptors (Lipinski definition) is 3. The number of aromatic nitrogens is 2. The molecule has 0 saturated carbocycles. The molecule has 1 saturated heterocycles. The smallest absolute Gasteiger partial charge is 0.257 e. The summed E-state index contributed by atoms with van der Waals surface area (Å²) in [5, 5.41) is 5.08. The van der Waals surface area contributed by atoms with Gasteiger partial charge in [0.1, 0.15) is 0 Å². The van der Waals surface area contributed by atoms with E-state index < -0.39 is 0 Å². The lowest BCUT2D eigenvalue weighted by atomic mass is 10.0. The summed E-state index contributed by atoms with van der Waals surface area (Å²) in [4.78, 5) is 14.6. The summed E-state index contributed by atoms with van der Waals surface area (Å²) in [7, 11) is 0. The predicted molar refractivity (Wildman–Crippen MR) is 91.2 cm³/mol. The standard InChI is InChI=1S/C17H21ClN4O/c1-11(2)16-15(17(23)21-7-6-13(19)10-21)9-20-22(16)14-5-3-4-12(18)8-14/h3-5,8-9,11,13H,6-7,10,19H2,1-2H3. The Balaban J connectivity index is 2.01. The molecule has 1 aromatic heterocycles. The monoisotopic (exact) mass is 332 g/mol. The van der Waals surface area contributed by atoms with Crippen LogP contribution in [0.5, 0.6) is 0 Å². The van der Waals surface area contributed by atoms with Crippen LogP contribution in [0.4, 0.5) is 0 Å². The van der Waals surface area contributed by atoms with Gasteiger partial charge in [0.25, 0.3) is 5.91 Å². The van der Waals surface area contributed by atoms with Crippen LogP contribution in [0.1, 0.15) is 42.2 Å². The molecule has 1 aliphatic rings. The molecule has 122 valence electrons. The first-order valence-electron chi connectivity index (χ1n) is 7.86. The molecule has 1 atom stereocenters. The fourth-order valence-electron chi connectivity index (χ4n) is 3.03. The van der Waals surface area contributed by atoms with Gasteiger partial charge in [0.15, 0.2) is 0 Å². The molecule has 2 aromatic rings. The SMILES string of the molecule is CC(C)c1c(C(=O)N2CCC(N)C2)cnn1-c1cccc(Cl)c1. The van der Waals surface area contributed by atoms with Crippen molar-refractivity contribution >= 4 is 17.5 Å². The molecule has 2 heterocycles. The van der Waals surface area contributed by atoms with E-state index in [4.69, 9.17) is 17.3 Å². The van der Waals surface area contributed by atoms with Gasteiger partial charge in [-0.3, -0.25) is 4.79 Å². The Hall–Kier alpha value is -1.85. The average Bonchev–Trinajstić information content (AvgIpc) is 3.12. The first kappa shape index (κ1) is 16.0. The van der Waals surface area contributed by atoms with Gasteiger partial charge in [-0.25, -0.2) is 4.68 Å². The summed E-state index contributed by atoms with van der Waals surface area (Å²) < 4.78 is 1.81. The molecule has 5 nitrogen and oxygen atoms in total. The van der Waals surface area contributed by atoms with Gasteiger partial charge in [-0.05, 0) is 30.5 Å². The minimum atomic E-state index is 0.00919. The molecule has 1 aromatic carbocycles. The normalized spacial score (nSPS) is 18.0. The molecule has 3 rings (SSSR count). The molecule has 0 radical (unpaired) electrons. The van der Waals surface area contributed by atoms with Gasteiger partial charge in [-0.15, -0.1) is 0 Å². The van der Waals surface area contributed by atoms with Crippen LogP contribution in [0.25, 0.3) is 5.69 Å². The lowest BCUT2D eigenvalue weighted by Crippen LogP contribution is -2.32. The Morgan fingerprint density at radius 2 is 2.22 bits per heavy atom. The highest BCUT2D eigenvalue weighted by molar-refractivity contribution is 6.30. The van der Waals surface area contributed by atoms with Crippen molar-refractivity contribution in [1.82, 2.24) is 14.7 Å². The zero-order chi connectivity index (χ0) is 16.6. The predicted octanol–water partition coefficient (Wildman–Crippen LogP) is 2.82. The van der Waals surface area contributed by atoms with Gasteiger partial charge >= 0.3 is 0 Å². The lowest BCUT2D eigenvalue weighted by Gasteiger charge is -2.18. The Labute approximate surface area is 141 Å². The Kier molecular flexibility index (Phi) is 4.41. The van der Waals surface area contributed by atoms with Crippen molar-refractivity contribution in [2.24, 2.45) is 5.73 Å². The highest BCUT2D eigenvalue weighted by Crippen LogP contribution is 2.26. The second-order valence-electron chi connectivity index (χ2n) is 6.29. The Morgan fingerprint density at radius 3 is 2.83 bits per heavy atom. The molecular weight excluding hydrogens is 312 g/mol. The van der Waals surface area contributed by atoms with E-state index in [1.807, 2.05) is 29.2 Å². The van der Waals surface area contributed by atoms with E-state index in [9.17, 15) is 4.79 Å². The number of carbonyl (C=O) groups excluding carboxylic acids is 1. The van der Waals surface area contributed by atoms with Crippen LogP contribution in [0, 0.1) is 0 Å². The molecule has 1 amide bonds. The van der Waals surface area contributed by atoms with E-state index in [0.29, 0.717) is 23.7 Å². The molecule has 1 fully saturated rings. The summed E-state index contributed by atoms with van der Waals surface area (Å²) in [6, 6.07) is 7.56. The van der Waals surface area contributed by atoms with Crippen molar-refractivity contribution in [2.45, 2.75) is 32.2 Å². The fraction of sp³-hybridized carbons (Fsp3) is 0.412. The van der Waals surface area contributed by atoms with Gasteiger partial charge in [-0.2, -0.15) is 5.10 Å². The average molecular weight is 333 g/mol. The van der Waals surface area contributed by atoms with Crippen LogP contribution in [0.15, 0.2) is 30.5 Å². The second-order valence-corrected chi connectivity index (χ2v) is 6.73. The van der Waals surface area contributed by atoms with Gasteiger partial charge in [0.2, 0.25) is 0 Å². The third-order valence-corrected chi connectivity index (χ3v) is 4.38. The number of hydrogen-bond donors (Lipinski definition) is 1. The third-order valence-electron chi connectivity index (χ3n) is 4.15. The van der Waals surface area contributed by atoms with Gasteiger partial charge < -0.3 is 10.6 Å². The summed E-state index contributed by atoms with van der Waals surface area (Å²) in [5.74, 6) is 0.168. The van der Waals surface area contributed by atoms with E-state index in [1.54, 1.807) is 10.9 Å². The number of rotatable bonds is 3. The molecule has 1 unspecified atom stereocenters. The molecular formula is C17H21ClN4O. The van der Waals surface area contributed by atoms with Crippen LogP contribution < -0.4 is 5.73 Å². The van der Waals surface area contributed by atoms with Crippen molar-refractivity contribution < 1.29 is 4.79 Å². The molecule has 6 heteroatoms. The Bertz CT molecular complexity index is 725. The van der Waals surface area contributed by atoms with Crippen LogP contribution in [-0.2, 0) is 0 Å². The van der Waals surface area contributed by atoms with Gasteiger partial charge in [0, 0.05) is 24.2 Å². The van der Waals surface area contributed by atoms with Crippen LogP contribution in [0.2, 0.25) is 5.02 Å². The second kappa shape index (κ2) is 6.34. The van der Waals surface area contributed by atoms with Crippen molar-refractivity contribution in [3.8, 4) is 5.69 Å². The minimum Gasteiger partial charge on any atom is -0.337 e. The summed E-state index contributed by atoms with van der Waals surface area (Å²) >= 11 is 6.09. The largest absolute Gasteiger partial charge is 0.337 e. The maximum Gasteiger partial charge on any atom is 0.257 e. The maximum atomic E-state index is 12.8. The highest BCUT2D eigenvalue weighted by atomic mass is 35.5. The van der Waals surface area contributed by atoms with Gasteiger partial charge in [-0.1, -0.05) is 31.5 Å². The molecule has 0 aliphatic carbocycles. The first-order chi connectivity index (χ1) is 11.0. The quantitative estimate of drug-likeness (QED) is 0.940.